The number of benzene rings is 4. The molecule has 0 amide bonds. The van der Waals surface area contributed by atoms with E-state index in [1.807, 2.05) is 42.5 Å². The van der Waals surface area contributed by atoms with Crippen LogP contribution in [0.3, 0.4) is 0 Å². The minimum atomic E-state index is -0.539. The third kappa shape index (κ3) is 2.76. The molecule has 0 bridgehead atoms. The fourth-order valence-corrected chi connectivity index (χ4v) is 2.97. The highest BCUT2D eigenvalue weighted by Gasteiger charge is 2.14. The van der Waals surface area contributed by atoms with Crippen LogP contribution in [0, 0.1) is 0 Å². The van der Waals surface area contributed by atoms with E-state index in [2.05, 4.69) is 6.07 Å². The Labute approximate surface area is 144 Å². The van der Waals surface area contributed by atoms with Crippen molar-refractivity contribution in [2.75, 3.05) is 0 Å². The number of ether oxygens (including phenoxy) is 1. The molecule has 4 aromatic carbocycles. The predicted octanol–water partition coefficient (Wildman–Crippen LogP) is 5.02. The van der Waals surface area contributed by atoms with E-state index in [-0.39, 0.29) is 5.56 Å². The van der Waals surface area contributed by atoms with Crippen molar-refractivity contribution in [1.29, 1.82) is 0 Å². The Morgan fingerprint density at radius 2 is 1.44 bits per heavy atom. The third-order valence-corrected chi connectivity index (χ3v) is 4.22. The van der Waals surface area contributed by atoms with Crippen LogP contribution < -0.4 is 4.74 Å². The zero-order valence-corrected chi connectivity index (χ0v) is 13.3. The molecule has 4 rings (SSSR count). The van der Waals surface area contributed by atoms with Gasteiger partial charge in [-0.25, -0.2) is 4.79 Å². The third-order valence-electron chi connectivity index (χ3n) is 4.22. The van der Waals surface area contributed by atoms with Crippen molar-refractivity contribution in [3.63, 3.8) is 0 Å². The zero-order chi connectivity index (χ0) is 17.2. The number of carbonyl (C=O) groups is 2. The quantitative estimate of drug-likeness (QED) is 0.230. The molecule has 0 saturated heterocycles. The number of hydrogen-bond acceptors (Lipinski definition) is 3. The molecule has 0 N–H and O–H groups in total. The molecular weight excluding hydrogens is 312 g/mol. The van der Waals surface area contributed by atoms with Gasteiger partial charge in [0.05, 0.1) is 5.56 Å². The van der Waals surface area contributed by atoms with Crippen LogP contribution in [0.1, 0.15) is 20.7 Å². The molecule has 3 nitrogen and oxygen atoms in total. The van der Waals surface area contributed by atoms with Crippen molar-refractivity contribution in [2.45, 2.75) is 0 Å². The smallest absolute Gasteiger partial charge is 0.344 e. The molecule has 0 aromatic heterocycles. The lowest BCUT2D eigenvalue weighted by Crippen LogP contribution is -2.11. The molecule has 0 aliphatic carbocycles. The fraction of sp³-hybridized carbons (Fsp3) is 0. The predicted molar refractivity (Wildman–Crippen MR) is 98.2 cm³/mol. The summed E-state index contributed by atoms with van der Waals surface area (Å²) >= 11 is 0. The number of rotatable bonds is 3. The van der Waals surface area contributed by atoms with Crippen molar-refractivity contribution in [3.8, 4) is 5.75 Å². The number of esters is 1. The van der Waals surface area contributed by atoms with Crippen LogP contribution in [-0.4, -0.2) is 12.3 Å². The summed E-state index contributed by atoms with van der Waals surface area (Å²) in [5, 5.41) is 4.06. The lowest BCUT2D eigenvalue weighted by molar-refractivity contribution is 0.0734. The van der Waals surface area contributed by atoms with E-state index in [4.69, 9.17) is 4.74 Å². The number of fused-ring (bicyclic) bond motifs is 2. The van der Waals surface area contributed by atoms with Crippen LogP contribution in [0.2, 0.25) is 0 Å². The molecule has 0 atom stereocenters. The van der Waals surface area contributed by atoms with E-state index < -0.39 is 5.97 Å². The Hall–Kier alpha value is -3.46. The normalized spacial score (nSPS) is 10.7. The molecule has 0 fully saturated rings. The van der Waals surface area contributed by atoms with E-state index in [1.54, 1.807) is 30.3 Å². The first-order chi connectivity index (χ1) is 12.3. The Bertz CT molecular complexity index is 1110. The van der Waals surface area contributed by atoms with Gasteiger partial charge in [-0.2, -0.15) is 0 Å². The lowest BCUT2D eigenvalue weighted by Gasteiger charge is -2.10. The van der Waals surface area contributed by atoms with E-state index in [1.165, 1.54) is 0 Å². The van der Waals surface area contributed by atoms with Crippen LogP contribution in [0.5, 0.6) is 5.75 Å². The van der Waals surface area contributed by atoms with Crippen molar-refractivity contribution in [2.24, 2.45) is 0 Å². The van der Waals surface area contributed by atoms with Gasteiger partial charge in [0.2, 0.25) is 0 Å². The van der Waals surface area contributed by atoms with E-state index in [0.29, 0.717) is 17.6 Å². The average Bonchev–Trinajstić information content (AvgIpc) is 2.66. The average molecular weight is 326 g/mol. The largest absolute Gasteiger partial charge is 0.422 e. The van der Waals surface area contributed by atoms with Gasteiger partial charge in [-0.05, 0) is 40.4 Å². The standard InChI is InChI=1S/C22H14O3/c23-14-18-8-3-4-10-19(18)22(24)25-21-11-5-9-17-12-15-6-1-2-7-16(15)13-20(17)21/h1-14H. The first-order valence-corrected chi connectivity index (χ1v) is 7.94. The lowest BCUT2D eigenvalue weighted by atomic mass is 10.0. The van der Waals surface area contributed by atoms with Crippen molar-refractivity contribution >= 4 is 33.8 Å². The van der Waals surface area contributed by atoms with Gasteiger partial charge in [0.1, 0.15) is 5.75 Å². The molecule has 3 heteroatoms. The minimum absolute atomic E-state index is 0.260. The van der Waals surface area contributed by atoms with Crippen LogP contribution in [0.4, 0.5) is 0 Å². The number of aldehydes is 1. The second kappa shape index (κ2) is 6.21. The zero-order valence-electron chi connectivity index (χ0n) is 13.3. The van der Waals surface area contributed by atoms with Crippen molar-refractivity contribution in [1.82, 2.24) is 0 Å². The SMILES string of the molecule is O=Cc1ccccc1C(=O)Oc1cccc2cc3ccccc3cc12. The fourth-order valence-electron chi connectivity index (χ4n) is 2.97. The Morgan fingerprint density at radius 3 is 2.24 bits per heavy atom. The second-order valence-electron chi connectivity index (χ2n) is 5.77. The summed E-state index contributed by atoms with van der Waals surface area (Å²) in [7, 11) is 0. The van der Waals surface area contributed by atoms with Gasteiger partial charge in [-0.3, -0.25) is 4.79 Å². The minimum Gasteiger partial charge on any atom is -0.422 e. The van der Waals surface area contributed by atoms with Gasteiger partial charge in [-0.15, -0.1) is 0 Å². The Balaban J connectivity index is 1.80. The van der Waals surface area contributed by atoms with Gasteiger partial charge >= 0.3 is 5.97 Å². The van der Waals surface area contributed by atoms with Crippen LogP contribution in [0.15, 0.2) is 78.9 Å². The number of carbonyl (C=O) groups excluding carboxylic acids is 2. The summed E-state index contributed by atoms with van der Waals surface area (Å²) in [5.74, 6) is -0.0580. The van der Waals surface area contributed by atoms with Crippen molar-refractivity contribution in [3.05, 3.63) is 90.0 Å². The molecule has 0 aliphatic heterocycles. The van der Waals surface area contributed by atoms with E-state index in [0.717, 1.165) is 21.5 Å². The summed E-state index contributed by atoms with van der Waals surface area (Å²) in [6, 6.07) is 24.3. The Morgan fingerprint density at radius 1 is 0.760 bits per heavy atom. The first-order valence-electron chi connectivity index (χ1n) is 7.94. The molecule has 0 unspecified atom stereocenters. The van der Waals surface area contributed by atoms with Gasteiger partial charge in [0.15, 0.2) is 6.29 Å². The molecule has 0 radical (unpaired) electrons. The van der Waals surface area contributed by atoms with E-state index in [9.17, 15) is 9.59 Å². The highest BCUT2D eigenvalue weighted by molar-refractivity contribution is 6.04. The van der Waals surface area contributed by atoms with E-state index >= 15 is 0 Å². The summed E-state index contributed by atoms with van der Waals surface area (Å²) in [5.41, 5.74) is 0.577. The highest BCUT2D eigenvalue weighted by atomic mass is 16.5. The van der Waals surface area contributed by atoms with Crippen LogP contribution >= 0.6 is 0 Å². The molecule has 0 spiro atoms. The molecule has 0 heterocycles. The number of hydrogen-bond donors (Lipinski definition) is 0. The summed E-state index contributed by atoms with van der Waals surface area (Å²) < 4.78 is 5.61. The van der Waals surface area contributed by atoms with Gasteiger partial charge in [-0.1, -0.05) is 54.6 Å². The topological polar surface area (TPSA) is 43.4 Å². The first kappa shape index (κ1) is 15.1. The van der Waals surface area contributed by atoms with Crippen molar-refractivity contribution < 1.29 is 14.3 Å². The maximum absolute atomic E-state index is 12.5. The highest BCUT2D eigenvalue weighted by Crippen LogP contribution is 2.30. The molecule has 0 aliphatic rings. The maximum atomic E-state index is 12.5. The maximum Gasteiger partial charge on any atom is 0.344 e. The molecule has 120 valence electrons. The summed E-state index contributed by atoms with van der Waals surface area (Å²) in [6.07, 6.45) is 0.660. The molecular formula is C22H14O3. The van der Waals surface area contributed by atoms with Gasteiger partial charge < -0.3 is 4.74 Å². The molecule has 0 saturated carbocycles. The van der Waals surface area contributed by atoms with Crippen LogP contribution in [-0.2, 0) is 0 Å². The second-order valence-corrected chi connectivity index (χ2v) is 5.77. The van der Waals surface area contributed by atoms with Gasteiger partial charge in [0.25, 0.3) is 0 Å². The monoisotopic (exact) mass is 326 g/mol. The molecule has 4 aromatic rings. The van der Waals surface area contributed by atoms with Gasteiger partial charge in [0, 0.05) is 10.9 Å². The summed E-state index contributed by atoms with van der Waals surface area (Å²) in [4.78, 5) is 23.7. The summed E-state index contributed by atoms with van der Waals surface area (Å²) in [6.45, 7) is 0. The Kier molecular flexibility index (Phi) is 3.75. The van der Waals surface area contributed by atoms with Crippen LogP contribution in [0.25, 0.3) is 21.5 Å². The molecule has 25 heavy (non-hydrogen) atoms.